The summed E-state index contributed by atoms with van der Waals surface area (Å²) in [5, 5.41) is 0. The van der Waals surface area contributed by atoms with Gasteiger partial charge in [-0.2, -0.15) is 0 Å². The molecule has 0 saturated carbocycles. The summed E-state index contributed by atoms with van der Waals surface area (Å²) in [6.07, 6.45) is -8.00. The van der Waals surface area contributed by atoms with Crippen LogP contribution in [0.3, 0.4) is 0 Å². The van der Waals surface area contributed by atoms with E-state index in [1.807, 2.05) is 153 Å². The summed E-state index contributed by atoms with van der Waals surface area (Å²) in [7, 11) is 1.62. The fourth-order valence-corrected chi connectivity index (χ4v) is 8.17. The lowest BCUT2D eigenvalue weighted by atomic mass is 9.91. The Morgan fingerprint density at radius 1 is 0.587 bits per heavy atom. The van der Waals surface area contributed by atoms with E-state index in [-0.39, 0.29) is 25.7 Å². The van der Waals surface area contributed by atoms with Crippen molar-refractivity contribution < 1.29 is 56.9 Å². The number of methoxy groups -OCH3 is 1. The highest BCUT2D eigenvalue weighted by Crippen LogP contribution is 2.40. The van der Waals surface area contributed by atoms with Gasteiger partial charge in [-0.1, -0.05) is 140 Å². The van der Waals surface area contributed by atoms with E-state index >= 15 is 0 Å². The number of rotatable bonds is 18. The molecule has 0 bridgehead atoms. The molecule has 0 amide bonds. The number of fused-ring (bicyclic) bond motifs is 1. The monoisotopic (exact) mass is 860 g/mol. The molecule has 5 aromatic carbocycles. The molecule has 3 fully saturated rings. The van der Waals surface area contributed by atoms with Crippen molar-refractivity contribution in [1.82, 2.24) is 0 Å². The van der Waals surface area contributed by atoms with Crippen molar-refractivity contribution in [3.63, 3.8) is 0 Å². The van der Waals surface area contributed by atoms with Gasteiger partial charge in [-0.25, -0.2) is 0 Å². The van der Waals surface area contributed by atoms with Crippen molar-refractivity contribution in [2.75, 3.05) is 20.3 Å². The Bertz CT molecular complexity index is 2110. The molecule has 12 heteroatoms. The molecular formula is C51H56O12. The van der Waals surface area contributed by atoms with Gasteiger partial charge in [-0.15, -0.1) is 0 Å². The first-order valence-electron chi connectivity index (χ1n) is 21.5. The van der Waals surface area contributed by atoms with E-state index in [4.69, 9.17) is 52.1 Å². The summed E-state index contributed by atoms with van der Waals surface area (Å²) in [6, 6.07) is 47.1. The summed E-state index contributed by atoms with van der Waals surface area (Å²) in [5.41, 5.74) is 4.71. The van der Waals surface area contributed by atoms with Crippen molar-refractivity contribution in [3.05, 3.63) is 173 Å². The molecule has 5 aromatic rings. The second-order valence-corrected chi connectivity index (χ2v) is 16.0. The van der Waals surface area contributed by atoms with Crippen LogP contribution < -0.4 is 4.74 Å². The van der Waals surface area contributed by atoms with Crippen LogP contribution in [0.4, 0.5) is 0 Å². The molecule has 3 saturated heterocycles. The van der Waals surface area contributed by atoms with Crippen LogP contribution in [0.2, 0.25) is 0 Å². The Hall–Kier alpha value is -4.99. The largest absolute Gasteiger partial charge is 0.497 e. The molecule has 12 nitrogen and oxygen atoms in total. The predicted molar refractivity (Wildman–Crippen MR) is 231 cm³/mol. The van der Waals surface area contributed by atoms with Crippen molar-refractivity contribution in [2.45, 2.75) is 102 Å². The van der Waals surface area contributed by atoms with Crippen LogP contribution in [0.15, 0.2) is 146 Å². The minimum Gasteiger partial charge on any atom is -0.497 e. The molecule has 0 aliphatic carbocycles. The van der Waals surface area contributed by atoms with Gasteiger partial charge in [-0.3, -0.25) is 4.79 Å². The van der Waals surface area contributed by atoms with Crippen molar-refractivity contribution in [3.8, 4) is 5.75 Å². The topological polar surface area (TPSA) is 119 Å². The van der Waals surface area contributed by atoms with Crippen LogP contribution in [-0.2, 0) is 78.6 Å². The van der Waals surface area contributed by atoms with Crippen molar-refractivity contribution >= 4 is 5.97 Å². The number of carbonyl (C=O) groups excluding carboxylic acids is 1. The van der Waals surface area contributed by atoms with Crippen molar-refractivity contribution in [1.29, 1.82) is 0 Å². The van der Waals surface area contributed by atoms with Crippen LogP contribution in [0.25, 0.3) is 0 Å². The average molecular weight is 861 g/mol. The summed E-state index contributed by atoms with van der Waals surface area (Å²) < 4.78 is 71.7. The lowest BCUT2D eigenvalue weighted by Gasteiger charge is -2.51. The predicted octanol–water partition coefficient (Wildman–Crippen LogP) is 8.12. The molecule has 0 radical (unpaired) electrons. The Morgan fingerprint density at radius 2 is 1.14 bits per heavy atom. The number of hydrogen-bond donors (Lipinski definition) is 0. The zero-order valence-corrected chi connectivity index (χ0v) is 35.8. The van der Waals surface area contributed by atoms with E-state index in [0.717, 1.165) is 33.6 Å². The van der Waals surface area contributed by atoms with E-state index in [2.05, 4.69) is 0 Å². The number of esters is 1. The minimum atomic E-state index is -1.17. The maximum absolute atomic E-state index is 13.1. The highest BCUT2D eigenvalue weighted by molar-refractivity contribution is 5.66. The first kappa shape index (κ1) is 44.6. The van der Waals surface area contributed by atoms with Crippen LogP contribution in [0, 0.1) is 5.92 Å². The van der Waals surface area contributed by atoms with E-state index in [1.54, 1.807) is 7.11 Å². The summed E-state index contributed by atoms with van der Waals surface area (Å²) in [5.74, 6) is -0.161. The molecule has 8 rings (SSSR count). The highest BCUT2D eigenvalue weighted by atomic mass is 16.8. The van der Waals surface area contributed by atoms with Gasteiger partial charge in [0, 0.05) is 18.4 Å². The molecule has 0 N–H and O–H groups in total. The van der Waals surface area contributed by atoms with Gasteiger partial charge in [0.2, 0.25) is 0 Å². The third-order valence-electron chi connectivity index (χ3n) is 11.4. The maximum atomic E-state index is 13.1. The van der Waals surface area contributed by atoms with Gasteiger partial charge in [-0.05, 0) is 34.4 Å². The second-order valence-electron chi connectivity index (χ2n) is 16.0. The Morgan fingerprint density at radius 3 is 1.75 bits per heavy atom. The molecule has 5 unspecified atom stereocenters. The number of ether oxygens (including phenoxy) is 11. The lowest BCUT2D eigenvalue weighted by molar-refractivity contribution is -0.389. The van der Waals surface area contributed by atoms with Crippen LogP contribution >= 0.6 is 0 Å². The van der Waals surface area contributed by atoms with Crippen LogP contribution in [0.5, 0.6) is 5.75 Å². The second kappa shape index (κ2) is 22.1. The third kappa shape index (κ3) is 11.8. The Kier molecular flexibility index (Phi) is 15.6. The summed E-state index contributed by atoms with van der Waals surface area (Å²) in [6.45, 7) is 4.79. The molecule has 0 aromatic heterocycles. The fourth-order valence-electron chi connectivity index (χ4n) is 8.17. The number of hydrogen-bond acceptors (Lipinski definition) is 12. The zero-order chi connectivity index (χ0) is 43.4. The van der Waals surface area contributed by atoms with Gasteiger partial charge in [0.25, 0.3) is 0 Å². The normalized spacial score (nSPS) is 28.1. The highest BCUT2D eigenvalue weighted by Gasteiger charge is 2.55. The van der Waals surface area contributed by atoms with E-state index in [1.165, 1.54) is 6.92 Å². The van der Waals surface area contributed by atoms with Gasteiger partial charge in [0.15, 0.2) is 25.0 Å². The van der Waals surface area contributed by atoms with Gasteiger partial charge >= 0.3 is 5.97 Å². The van der Waals surface area contributed by atoms with E-state index in [0.29, 0.717) is 19.8 Å². The molecule has 0 spiro atoms. The van der Waals surface area contributed by atoms with E-state index < -0.39 is 67.6 Å². The van der Waals surface area contributed by atoms with Crippen LogP contribution in [-0.4, -0.2) is 81.6 Å². The molecule has 3 heterocycles. The lowest BCUT2D eigenvalue weighted by Crippen LogP contribution is -2.66. The minimum absolute atomic E-state index is 0.127. The maximum Gasteiger partial charge on any atom is 0.303 e. The first-order valence-corrected chi connectivity index (χ1v) is 21.5. The van der Waals surface area contributed by atoms with Crippen molar-refractivity contribution in [2.24, 2.45) is 5.92 Å². The number of carbonyl (C=O) groups is 1. The first-order chi connectivity index (χ1) is 30.9. The van der Waals surface area contributed by atoms with E-state index in [9.17, 15) is 4.79 Å². The van der Waals surface area contributed by atoms with Gasteiger partial charge in [0.05, 0.1) is 52.9 Å². The Labute approximate surface area is 369 Å². The van der Waals surface area contributed by atoms with Gasteiger partial charge in [0.1, 0.15) is 36.3 Å². The molecule has 3 aliphatic heterocycles. The molecule has 63 heavy (non-hydrogen) atoms. The smallest absolute Gasteiger partial charge is 0.303 e. The average Bonchev–Trinajstić information content (AvgIpc) is 3.32. The molecular weight excluding hydrogens is 805 g/mol. The van der Waals surface area contributed by atoms with Gasteiger partial charge < -0.3 is 52.1 Å². The number of benzene rings is 5. The third-order valence-corrected chi connectivity index (χ3v) is 11.4. The summed E-state index contributed by atoms with van der Waals surface area (Å²) in [4.78, 5) is 13.1. The molecule has 3 aliphatic rings. The molecule has 332 valence electrons. The quantitative estimate of drug-likeness (QED) is 0.0793. The SMILES string of the molecule is COc1ccc(CO[C@@H]2C(OC(C)=O)[C@H](O[C@H]3C(COCc4ccccc4)O[C@@H](OCc4ccccc4)C(C)[C@@H]3OCc3ccccc3)OC3COC(c4ccccc4)O[C@@H]32)cc1. The summed E-state index contributed by atoms with van der Waals surface area (Å²) >= 11 is 0. The fraction of sp³-hybridized carbons (Fsp3) is 0.392. The standard InChI is InChI=1S/C51H56O12/c1-34-44(55-29-37-18-10-5-11-19-37)45(42(32-54-28-36-16-8-4-9-17-36)60-49(34)57-31-38-20-12-6-13-21-38)63-51-48(59-35(2)52)47(56-30-39-24-26-41(53-3)27-25-39)46-43(61-51)33-58-50(62-46)40-22-14-7-15-23-40/h4-27,34,42-51H,28-33H2,1-3H3/t34?,42?,43?,44-,45-,46-,47-,48?,49+,50?,51-/m0/s1. The zero-order valence-electron chi connectivity index (χ0n) is 35.8. The molecule has 11 atom stereocenters. The Balaban J connectivity index is 1.11. The van der Waals surface area contributed by atoms with Crippen LogP contribution in [0.1, 0.15) is 48.0 Å².